The van der Waals surface area contributed by atoms with Crippen molar-refractivity contribution < 1.29 is 0 Å². The van der Waals surface area contributed by atoms with Gasteiger partial charge >= 0.3 is 0 Å². The predicted octanol–water partition coefficient (Wildman–Crippen LogP) is 2.20. The molecule has 0 saturated carbocycles. The van der Waals surface area contributed by atoms with Gasteiger partial charge in [0, 0.05) is 13.3 Å². The SMILES string of the molecule is C/N=C/c1ccc(C)c(Br)n1. The third kappa shape index (κ3) is 2.12. The van der Waals surface area contributed by atoms with E-state index in [0.29, 0.717) is 0 Å². The molecule has 0 aliphatic heterocycles. The average Bonchev–Trinajstić information content (AvgIpc) is 1.98. The zero-order chi connectivity index (χ0) is 8.27. The fourth-order valence-electron chi connectivity index (χ4n) is 0.722. The quantitative estimate of drug-likeness (QED) is 0.518. The molecule has 1 aromatic rings. The summed E-state index contributed by atoms with van der Waals surface area (Å²) < 4.78 is 0.884. The van der Waals surface area contributed by atoms with Crippen LogP contribution in [0.15, 0.2) is 21.7 Å². The zero-order valence-corrected chi connectivity index (χ0v) is 8.09. The van der Waals surface area contributed by atoms with Gasteiger partial charge in [-0.3, -0.25) is 4.99 Å². The molecule has 0 unspecified atom stereocenters. The lowest BCUT2D eigenvalue weighted by molar-refractivity contribution is 1.20. The highest BCUT2D eigenvalue weighted by Crippen LogP contribution is 2.11. The molecule has 0 N–H and O–H groups in total. The Balaban J connectivity index is 3.05. The van der Waals surface area contributed by atoms with Crippen LogP contribution in [0.25, 0.3) is 0 Å². The van der Waals surface area contributed by atoms with Crippen LogP contribution in [-0.2, 0) is 0 Å². The summed E-state index contributed by atoms with van der Waals surface area (Å²) in [5.41, 5.74) is 2.02. The summed E-state index contributed by atoms with van der Waals surface area (Å²) in [7, 11) is 1.73. The number of aryl methyl sites for hydroxylation is 1. The maximum Gasteiger partial charge on any atom is 0.109 e. The van der Waals surface area contributed by atoms with Gasteiger partial charge in [-0.05, 0) is 34.5 Å². The molecule has 1 rings (SSSR count). The first-order valence-electron chi connectivity index (χ1n) is 3.29. The number of nitrogens with zero attached hydrogens (tertiary/aromatic N) is 2. The third-order valence-corrected chi connectivity index (χ3v) is 2.12. The van der Waals surface area contributed by atoms with Crippen LogP contribution in [-0.4, -0.2) is 18.2 Å². The lowest BCUT2D eigenvalue weighted by Gasteiger charge is -1.96. The molecule has 0 fully saturated rings. The van der Waals surface area contributed by atoms with Crippen molar-refractivity contribution in [2.75, 3.05) is 7.05 Å². The molecule has 0 atom stereocenters. The normalized spacial score (nSPS) is 10.8. The van der Waals surface area contributed by atoms with Gasteiger partial charge in [-0.25, -0.2) is 4.98 Å². The molecule has 0 spiro atoms. The first-order chi connectivity index (χ1) is 5.24. The predicted molar refractivity (Wildman–Crippen MR) is 50.2 cm³/mol. The Morgan fingerprint density at radius 1 is 1.55 bits per heavy atom. The highest BCUT2D eigenvalue weighted by Gasteiger charge is 1.95. The molecule has 11 heavy (non-hydrogen) atoms. The number of pyridine rings is 1. The van der Waals surface area contributed by atoms with Crippen LogP contribution in [0.5, 0.6) is 0 Å². The van der Waals surface area contributed by atoms with Crippen molar-refractivity contribution in [2.24, 2.45) is 4.99 Å². The summed E-state index contributed by atoms with van der Waals surface area (Å²) in [6, 6.07) is 3.95. The molecule has 0 aliphatic carbocycles. The monoisotopic (exact) mass is 212 g/mol. The van der Waals surface area contributed by atoms with Crippen LogP contribution in [0, 0.1) is 6.92 Å². The van der Waals surface area contributed by atoms with E-state index in [-0.39, 0.29) is 0 Å². The first-order valence-corrected chi connectivity index (χ1v) is 4.08. The van der Waals surface area contributed by atoms with E-state index in [2.05, 4.69) is 25.9 Å². The van der Waals surface area contributed by atoms with Gasteiger partial charge in [-0.15, -0.1) is 0 Å². The van der Waals surface area contributed by atoms with Crippen molar-refractivity contribution >= 4 is 22.1 Å². The number of hydrogen-bond donors (Lipinski definition) is 0. The maximum absolute atomic E-state index is 4.23. The molecule has 58 valence electrons. The average molecular weight is 213 g/mol. The second-order valence-corrected chi connectivity index (χ2v) is 2.98. The Morgan fingerprint density at radius 2 is 2.27 bits per heavy atom. The maximum atomic E-state index is 4.23. The highest BCUT2D eigenvalue weighted by atomic mass is 79.9. The lowest BCUT2D eigenvalue weighted by Crippen LogP contribution is -1.89. The van der Waals surface area contributed by atoms with E-state index in [0.717, 1.165) is 15.9 Å². The molecule has 0 saturated heterocycles. The standard InChI is InChI=1S/C8H9BrN2/c1-6-3-4-7(5-10-2)11-8(6)9/h3-5H,1-2H3/b10-5+. The van der Waals surface area contributed by atoms with Crippen molar-refractivity contribution in [2.45, 2.75) is 6.92 Å². The van der Waals surface area contributed by atoms with E-state index in [1.54, 1.807) is 13.3 Å². The minimum atomic E-state index is 0.880. The molecule has 1 heterocycles. The van der Waals surface area contributed by atoms with Crippen LogP contribution in [0.3, 0.4) is 0 Å². The van der Waals surface area contributed by atoms with Crippen molar-refractivity contribution in [3.05, 3.63) is 28.0 Å². The van der Waals surface area contributed by atoms with Gasteiger partial charge in [-0.2, -0.15) is 0 Å². The van der Waals surface area contributed by atoms with Gasteiger partial charge < -0.3 is 0 Å². The van der Waals surface area contributed by atoms with Gasteiger partial charge in [-0.1, -0.05) is 6.07 Å². The minimum absolute atomic E-state index is 0.880. The molecular formula is C8H9BrN2. The van der Waals surface area contributed by atoms with Crippen molar-refractivity contribution in [3.63, 3.8) is 0 Å². The van der Waals surface area contributed by atoms with Gasteiger partial charge in [0.15, 0.2) is 0 Å². The van der Waals surface area contributed by atoms with Crippen LogP contribution in [0.4, 0.5) is 0 Å². The topological polar surface area (TPSA) is 25.2 Å². The van der Waals surface area contributed by atoms with Crippen LogP contribution in [0.1, 0.15) is 11.3 Å². The summed E-state index contributed by atoms with van der Waals surface area (Å²) in [4.78, 5) is 8.10. The Morgan fingerprint density at radius 3 is 2.82 bits per heavy atom. The zero-order valence-electron chi connectivity index (χ0n) is 6.50. The number of halogens is 1. The van der Waals surface area contributed by atoms with Crippen LogP contribution in [0.2, 0.25) is 0 Å². The molecule has 1 aromatic heterocycles. The number of rotatable bonds is 1. The first kappa shape index (κ1) is 8.40. The Bertz CT molecular complexity index is 281. The second kappa shape index (κ2) is 3.62. The van der Waals surface area contributed by atoms with Crippen molar-refractivity contribution in [1.82, 2.24) is 4.98 Å². The van der Waals surface area contributed by atoms with E-state index >= 15 is 0 Å². The van der Waals surface area contributed by atoms with Gasteiger partial charge in [0.1, 0.15) is 4.60 Å². The Labute approximate surface area is 74.5 Å². The van der Waals surface area contributed by atoms with E-state index < -0.39 is 0 Å². The molecule has 0 amide bonds. The van der Waals surface area contributed by atoms with Crippen molar-refractivity contribution in [1.29, 1.82) is 0 Å². The number of aliphatic imine (C=N–C) groups is 1. The van der Waals surface area contributed by atoms with Gasteiger partial charge in [0.25, 0.3) is 0 Å². The van der Waals surface area contributed by atoms with E-state index in [4.69, 9.17) is 0 Å². The molecular weight excluding hydrogens is 204 g/mol. The fourth-order valence-corrected chi connectivity index (χ4v) is 1.06. The largest absolute Gasteiger partial charge is 0.294 e. The summed E-state index contributed by atoms with van der Waals surface area (Å²) in [5, 5.41) is 0. The van der Waals surface area contributed by atoms with E-state index in [9.17, 15) is 0 Å². The number of hydrogen-bond acceptors (Lipinski definition) is 2. The minimum Gasteiger partial charge on any atom is -0.294 e. The second-order valence-electron chi connectivity index (χ2n) is 2.23. The fraction of sp³-hybridized carbons (Fsp3) is 0.250. The molecule has 0 aliphatic rings. The smallest absolute Gasteiger partial charge is 0.109 e. The molecule has 3 heteroatoms. The Hall–Kier alpha value is -0.700. The molecule has 0 radical (unpaired) electrons. The van der Waals surface area contributed by atoms with Gasteiger partial charge in [0.2, 0.25) is 0 Å². The molecule has 2 nitrogen and oxygen atoms in total. The lowest BCUT2D eigenvalue weighted by atomic mass is 10.3. The summed E-state index contributed by atoms with van der Waals surface area (Å²) >= 11 is 3.34. The van der Waals surface area contributed by atoms with Crippen molar-refractivity contribution in [3.8, 4) is 0 Å². The number of aromatic nitrogens is 1. The van der Waals surface area contributed by atoms with Gasteiger partial charge in [0.05, 0.1) is 5.69 Å². The highest BCUT2D eigenvalue weighted by molar-refractivity contribution is 9.10. The van der Waals surface area contributed by atoms with Crippen LogP contribution < -0.4 is 0 Å². The van der Waals surface area contributed by atoms with Crippen LogP contribution >= 0.6 is 15.9 Å². The summed E-state index contributed by atoms with van der Waals surface area (Å²) in [6.07, 6.45) is 1.73. The summed E-state index contributed by atoms with van der Waals surface area (Å²) in [5.74, 6) is 0. The third-order valence-electron chi connectivity index (χ3n) is 1.32. The molecule has 0 aromatic carbocycles. The van der Waals surface area contributed by atoms with E-state index in [1.807, 2.05) is 19.1 Å². The van der Waals surface area contributed by atoms with E-state index in [1.165, 1.54) is 0 Å². The molecule has 0 bridgehead atoms. The Kier molecular flexibility index (Phi) is 2.76. The summed E-state index contributed by atoms with van der Waals surface area (Å²) in [6.45, 7) is 2.00.